The van der Waals surface area contributed by atoms with Gasteiger partial charge in [-0.3, -0.25) is 13.9 Å². The number of hydrogen-bond acceptors (Lipinski definition) is 4. The summed E-state index contributed by atoms with van der Waals surface area (Å²) < 4.78 is 100. The van der Waals surface area contributed by atoms with Gasteiger partial charge in [0.1, 0.15) is 0 Å². The first-order valence-corrected chi connectivity index (χ1v) is 5.33. The van der Waals surface area contributed by atoms with E-state index >= 15 is 0 Å². The molecule has 0 aliphatic carbocycles. The van der Waals surface area contributed by atoms with Gasteiger partial charge in [-0.1, -0.05) is 0 Å². The number of hydrogen-bond donors (Lipinski definition) is 1. The molecule has 2 rings (SSSR count). The quantitative estimate of drug-likeness (QED) is 0.840. The van der Waals surface area contributed by atoms with Gasteiger partial charge in [0.25, 0.3) is 5.56 Å². The summed E-state index contributed by atoms with van der Waals surface area (Å²) in [5.74, 6) is 0. The van der Waals surface area contributed by atoms with Gasteiger partial charge in [-0.2, -0.15) is 0 Å². The number of rotatable bonds is 5. The van der Waals surface area contributed by atoms with Gasteiger partial charge >= 0.3 is 5.69 Å². The van der Waals surface area contributed by atoms with Crippen molar-refractivity contribution >= 4 is 11.2 Å². The van der Waals surface area contributed by atoms with Crippen molar-refractivity contribution < 1.29 is 22.9 Å². The van der Waals surface area contributed by atoms with Crippen LogP contribution in [-0.2, 0) is 20.6 Å². The molecule has 0 aliphatic rings. The van der Waals surface area contributed by atoms with Crippen molar-refractivity contribution in [2.75, 3.05) is 0 Å². The van der Waals surface area contributed by atoms with Crippen LogP contribution in [0.5, 0.6) is 0 Å². The predicted molar refractivity (Wildman–Crippen MR) is 75.7 cm³/mol. The van der Waals surface area contributed by atoms with Crippen LogP contribution < -0.4 is 11.2 Å². The van der Waals surface area contributed by atoms with Crippen LogP contribution in [0.2, 0.25) is 0 Å². The molecule has 0 amide bonds. The van der Waals surface area contributed by atoms with Crippen LogP contribution >= 0.6 is 0 Å². The predicted octanol–water partition coefficient (Wildman–Crippen LogP) is -0.0152. The lowest BCUT2D eigenvalue weighted by atomic mass is 10.2. The molecule has 0 radical (unpaired) electrons. The van der Waals surface area contributed by atoms with Crippen molar-refractivity contribution in [1.82, 2.24) is 18.7 Å². The number of imidazole rings is 1. The maximum absolute atomic E-state index is 12.9. The van der Waals surface area contributed by atoms with Crippen LogP contribution in [0, 0.1) is 0 Å². The summed E-state index contributed by atoms with van der Waals surface area (Å²) in [6.45, 7) is -8.22. The Labute approximate surface area is 134 Å². The lowest BCUT2D eigenvalue weighted by molar-refractivity contribution is 0.180. The zero-order valence-electron chi connectivity index (χ0n) is 23.3. The van der Waals surface area contributed by atoms with Crippen LogP contribution in [0.3, 0.4) is 0 Å². The Balaban J connectivity index is 2.75. The minimum atomic E-state index is -4.11. The van der Waals surface area contributed by atoms with Gasteiger partial charge < -0.3 is 9.67 Å². The van der Waals surface area contributed by atoms with E-state index in [1.54, 1.807) is 0 Å². The number of aryl methyl sites for hydroxylation is 2. The molecule has 2 aromatic rings. The van der Waals surface area contributed by atoms with Crippen molar-refractivity contribution in [3.05, 3.63) is 27.2 Å². The summed E-state index contributed by atoms with van der Waals surface area (Å²) in [6, 6.07) is 0. The van der Waals surface area contributed by atoms with Gasteiger partial charge in [0.05, 0.1) is 13.8 Å². The topological polar surface area (TPSA) is 82.1 Å². The van der Waals surface area contributed by atoms with Gasteiger partial charge in [-0.05, 0) is 26.0 Å². The highest BCUT2D eigenvalue weighted by Crippen LogP contribution is 2.04. The molecule has 7 heteroatoms. The Morgan fingerprint density at radius 2 is 2.35 bits per heavy atom. The van der Waals surface area contributed by atoms with E-state index in [4.69, 9.17) is 17.8 Å². The molecule has 0 aliphatic heterocycles. The van der Waals surface area contributed by atoms with E-state index in [2.05, 4.69) is 4.98 Å². The van der Waals surface area contributed by atoms with Crippen molar-refractivity contribution in [3.8, 4) is 0 Å². The third-order valence-electron chi connectivity index (χ3n) is 2.54. The lowest BCUT2D eigenvalue weighted by Crippen LogP contribution is -2.39. The average molecular weight is 293 g/mol. The molecule has 2 heterocycles. The largest absolute Gasteiger partial charge is 0.393 e. The Kier molecular flexibility index (Phi) is 1.44. The fraction of sp³-hybridized carbons (Fsp3) is 0.615. The van der Waals surface area contributed by atoms with E-state index in [0.29, 0.717) is 9.13 Å². The number of aromatic nitrogens is 4. The molecule has 1 N–H and O–H groups in total. The van der Waals surface area contributed by atoms with E-state index in [1.165, 1.54) is 0 Å². The van der Waals surface area contributed by atoms with Gasteiger partial charge in [0.15, 0.2) is 11.2 Å². The summed E-state index contributed by atoms with van der Waals surface area (Å²) >= 11 is 0. The smallest absolute Gasteiger partial charge is 0.332 e. The molecule has 0 saturated heterocycles. The minimum Gasteiger partial charge on any atom is -0.393 e. The Morgan fingerprint density at radius 3 is 3.05 bits per heavy atom. The number of nitrogens with zero attached hydrogens (tertiary/aromatic N) is 4. The summed E-state index contributed by atoms with van der Waals surface area (Å²) in [7, 11) is 1.08. The van der Waals surface area contributed by atoms with Gasteiger partial charge in [-0.25, -0.2) is 9.78 Å². The fourth-order valence-corrected chi connectivity index (χ4v) is 1.63. The fourth-order valence-electron chi connectivity index (χ4n) is 1.63. The first-order chi connectivity index (χ1) is 14.4. The van der Waals surface area contributed by atoms with Gasteiger partial charge in [0, 0.05) is 37.0 Å². The molecule has 0 aromatic carbocycles. The normalized spacial score (nSPS) is 27.6. The molecule has 0 spiro atoms. The number of fused-ring (bicyclic) bond motifs is 1. The SMILES string of the molecule is [2H]C([2H])([2H])n1cnc2c1c(=O)n(CC([2H])([2H])C([2H])([2H])C([2H])([2H])C([2H])(O)C([2H])([2H])[2H])c(=O)n2C. The zero-order chi connectivity index (χ0) is 26.2. The van der Waals surface area contributed by atoms with Gasteiger partial charge in [-0.15, -0.1) is 0 Å². The third-order valence-corrected chi connectivity index (χ3v) is 2.54. The molecule has 20 heavy (non-hydrogen) atoms. The Bertz CT molecular complexity index is 1190. The molecule has 2 aromatic heterocycles. The highest BCUT2D eigenvalue weighted by molar-refractivity contribution is 5.69. The van der Waals surface area contributed by atoms with E-state index in [1.807, 2.05) is 0 Å². The molecule has 1 unspecified atom stereocenters. The maximum Gasteiger partial charge on any atom is 0.332 e. The van der Waals surface area contributed by atoms with E-state index in [0.717, 1.165) is 13.4 Å². The zero-order valence-corrected chi connectivity index (χ0v) is 10.3. The highest BCUT2D eigenvalue weighted by atomic mass is 16.3. The molecular formula is C13H20N4O3. The van der Waals surface area contributed by atoms with Gasteiger partial charge in [0.2, 0.25) is 0 Å². The molecule has 0 saturated carbocycles. The molecule has 1 atom stereocenters. The van der Waals surface area contributed by atoms with E-state index < -0.39 is 62.3 Å². The van der Waals surface area contributed by atoms with E-state index in [9.17, 15) is 14.7 Å². The monoisotopic (exact) mass is 293 g/mol. The average Bonchev–Trinajstić information content (AvgIpc) is 3.07. The summed E-state index contributed by atoms with van der Waals surface area (Å²) in [4.78, 5) is 29.3. The Morgan fingerprint density at radius 1 is 1.55 bits per heavy atom. The van der Waals surface area contributed by atoms with Crippen molar-refractivity contribution in [2.45, 2.75) is 38.6 Å². The standard InChI is InChI=1S/C13H20N4O3/c1-9(18)6-4-5-7-17-12(19)10-11(14-8-15(10)2)16(3)13(17)20/h8-9,18H,4-7H2,1-3H3/i1D3,2D3,4D2,5D2,6D2,9D. The van der Waals surface area contributed by atoms with Crippen LogP contribution in [-0.4, -0.2) is 29.9 Å². The number of aliphatic hydroxyl groups is 1. The molecule has 110 valence electrons. The Hall–Kier alpha value is -1.89. The maximum atomic E-state index is 12.9. The van der Waals surface area contributed by atoms with Crippen LogP contribution in [0.25, 0.3) is 11.2 Å². The lowest BCUT2D eigenvalue weighted by Gasteiger charge is -2.09. The highest BCUT2D eigenvalue weighted by Gasteiger charge is 2.14. The van der Waals surface area contributed by atoms with Crippen molar-refractivity contribution in [2.24, 2.45) is 14.0 Å². The summed E-state index contributed by atoms with van der Waals surface area (Å²) in [5, 5.41) is 9.95. The minimum absolute atomic E-state index is 0.110. The molecule has 0 fully saturated rings. The second kappa shape index (κ2) is 5.62. The first kappa shape index (κ1) is 5.14. The van der Waals surface area contributed by atoms with Crippen LogP contribution in [0.1, 0.15) is 43.8 Å². The van der Waals surface area contributed by atoms with Crippen LogP contribution in [0.4, 0.5) is 0 Å². The molecule has 7 nitrogen and oxygen atoms in total. The summed E-state index contributed by atoms with van der Waals surface area (Å²) in [5.41, 5.74) is -3.63. The van der Waals surface area contributed by atoms with Crippen LogP contribution in [0.15, 0.2) is 15.9 Å². The van der Waals surface area contributed by atoms with E-state index in [-0.39, 0.29) is 10.2 Å². The summed E-state index contributed by atoms with van der Waals surface area (Å²) in [6.07, 6.45) is -14.9. The third kappa shape index (κ3) is 2.53. The second-order valence-electron chi connectivity index (χ2n) is 3.80. The molecule has 0 bridgehead atoms. The van der Waals surface area contributed by atoms with Crippen molar-refractivity contribution in [1.29, 1.82) is 0 Å². The first-order valence-electron chi connectivity index (χ1n) is 11.8. The molecular weight excluding hydrogens is 260 g/mol. The van der Waals surface area contributed by atoms with Crippen molar-refractivity contribution in [3.63, 3.8) is 0 Å². The second-order valence-corrected chi connectivity index (χ2v) is 3.80.